The number of hydrogen-bond donors (Lipinski definition) is 1. The van der Waals surface area contributed by atoms with Crippen molar-refractivity contribution in [3.8, 4) is 5.75 Å². The van der Waals surface area contributed by atoms with Crippen molar-refractivity contribution >= 4 is 5.91 Å². The minimum Gasteiger partial charge on any atom is -0.484 e. The molecule has 0 saturated heterocycles. The molecule has 2 heterocycles. The Morgan fingerprint density at radius 2 is 2.00 bits per heavy atom. The number of benzene rings is 2. The molecule has 29 heavy (non-hydrogen) atoms. The van der Waals surface area contributed by atoms with Gasteiger partial charge in [-0.2, -0.15) is 5.10 Å². The summed E-state index contributed by atoms with van der Waals surface area (Å²) in [6.45, 7) is 1.46. The molecule has 0 spiro atoms. The van der Waals surface area contributed by atoms with Crippen LogP contribution in [0.25, 0.3) is 0 Å². The SMILES string of the molecule is O=C(COc1ccc(F)cc1)NCC1OCCc2cn(Cc3ccccc3)nc21. The monoisotopic (exact) mass is 395 g/mol. The van der Waals surface area contributed by atoms with E-state index in [4.69, 9.17) is 9.47 Å². The van der Waals surface area contributed by atoms with Crippen LogP contribution in [0.15, 0.2) is 60.8 Å². The Balaban J connectivity index is 1.32. The first-order valence-electron chi connectivity index (χ1n) is 9.54. The number of nitrogens with zero attached hydrogens (tertiary/aromatic N) is 2. The van der Waals surface area contributed by atoms with Crippen LogP contribution in [-0.2, 0) is 22.5 Å². The summed E-state index contributed by atoms with van der Waals surface area (Å²) in [5.41, 5.74) is 3.19. The molecule has 4 rings (SSSR count). The fourth-order valence-corrected chi connectivity index (χ4v) is 3.28. The Labute approximate surface area is 168 Å². The molecule has 0 aliphatic carbocycles. The Morgan fingerprint density at radius 3 is 2.79 bits per heavy atom. The first kappa shape index (κ1) is 19.1. The van der Waals surface area contributed by atoms with Crippen molar-refractivity contribution in [1.82, 2.24) is 15.1 Å². The van der Waals surface area contributed by atoms with Gasteiger partial charge in [-0.15, -0.1) is 0 Å². The van der Waals surface area contributed by atoms with Crippen LogP contribution < -0.4 is 10.1 Å². The number of fused-ring (bicyclic) bond motifs is 1. The summed E-state index contributed by atoms with van der Waals surface area (Å²) >= 11 is 0. The molecule has 1 aliphatic rings. The fourth-order valence-electron chi connectivity index (χ4n) is 3.28. The summed E-state index contributed by atoms with van der Waals surface area (Å²) in [5.74, 6) is -0.176. The number of halogens is 1. The third-order valence-corrected chi connectivity index (χ3v) is 4.72. The van der Waals surface area contributed by atoms with Crippen molar-refractivity contribution in [2.75, 3.05) is 19.8 Å². The second-order valence-electron chi connectivity index (χ2n) is 6.88. The maximum Gasteiger partial charge on any atom is 0.258 e. The van der Waals surface area contributed by atoms with E-state index in [0.29, 0.717) is 25.4 Å². The molecule has 1 atom stereocenters. The van der Waals surface area contributed by atoms with Gasteiger partial charge in [-0.1, -0.05) is 30.3 Å². The molecule has 0 saturated carbocycles. The molecule has 3 aromatic rings. The smallest absolute Gasteiger partial charge is 0.258 e. The third kappa shape index (κ3) is 5.00. The van der Waals surface area contributed by atoms with E-state index in [1.165, 1.54) is 29.8 Å². The molecule has 1 amide bonds. The molecular formula is C22H22FN3O3. The number of carbonyl (C=O) groups is 1. The number of rotatable bonds is 7. The summed E-state index contributed by atoms with van der Waals surface area (Å²) in [7, 11) is 0. The van der Waals surface area contributed by atoms with Crippen LogP contribution in [0.3, 0.4) is 0 Å². The molecule has 1 N–H and O–H groups in total. The summed E-state index contributed by atoms with van der Waals surface area (Å²) in [5, 5.41) is 7.50. The number of hydrogen-bond acceptors (Lipinski definition) is 4. The normalized spacial score (nSPS) is 15.6. The van der Waals surface area contributed by atoms with E-state index in [0.717, 1.165) is 17.7 Å². The summed E-state index contributed by atoms with van der Waals surface area (Å²) in [6.07, 6.45) is 2.57. The lowest BCUT2D eigenvalue weighted by Gasteiger charge is -2.22. The molecule has 1 aromatic heterocycles. The summed E-state index contributed by atoms with van der Waals surface area (Å²) in [6, 6.07) is 15.7. The quantitative estimate of drug-likeness (QED) is 0.668. The average molecular weight is 395 g/mol. The topological polar surface area (TPSA) is 65.4 Å². The maximum absolute atomic E-state index is 12.9. The zero-order valence-corrected chi connectivity index (χ0v) is 15.9. The van der Waals surface area contributed by atoms with Gasteiger partial charge in [0, 0.05) is 12.7 Å². The second-order valence-corrected chi connectivity index (χ2v) is 6.88. The van der Waals surface area contributed by atoms with Crippen molar-refractivity contribution in [2.45, 2.75) is 19.1 Å². The number of carbonyl (C=O) groups excluding carboxylic acids is 1. The van der Waals surface area contributed by atoms with Crippen molar-refractivity contribution in [2.24, 2.45) is 0 Å². The number of aromatic nitrogens is 2. The van der Waals surface area contributed by atoms with Gasteiger partial charge in [-0.05, 0) is 41.8 Å². The first-order chi connectivity index (χ1) is 14.2. The van der Waals surface area contributed by atoms with Crippen LogP contribution in [0.5, 0.6) is 5.75 Å². The molecule has 6 nitrogen and oxygen atoms in total. The minimum absolute atomic E-state index is 0.145. The Bertz CT molecular complexity index is 957. The van der Waals surface area contributed by atoms with E-state index >= 15 is 0 Å². The van der Waals surface area contributed by atoms with E-state index in [1.807, 2.05) is 22.9 Å². The maximum atomic E-state index is 12.9. The highest BCUT2D eigenvalue weighted by Crippen LogP contribution is 2.25. The number of nitrogens with one attached hydrogen (secondary N) is 1. The standard InChI is InChI=1S/C22H22FN3O3/c23-18-6-8-19(9-7-18)29-15-21(27)24-12-20-22-17(10-11-28-20)14-26(25-22)13-16-4-2-1-3-5-16/h1-9,14,20H,10-13,15H2,(H,24,27). The minimum atomic E-state index is -0.348. The number of ether oxygens (including phenoxy) is 2. The molecule has 7 heteroatoms. The number of amides is 1. The molecule has 0 radical (unpaired) electrons. The predicted molar refractivity (Wildman–Crippen MR) is 105 cm³/mol. The predicted octanol–water partition coefficient (Wildman–Crippen LogP) is 2.88. The summed E-state index contributed by atoms with van der Waals surface area (Å²) in [4.78, 5) is 12.1. The fraction of sp³-hybridized carbons (Fsp3) is 0.273. The highest BCUT2D eigenvalue weighted by molar-refractivity contribution is 5.77. The zero-order chi connectivity index (χ0) is 20.1. The lowest BCUT2D eigenvalue weighted by Crippen LogP contribution is -2.34. The molecule has 0 fully saturated rings. The molecule has 1 unspecified atom stereocenters. The van der Waals surface area contributed by atoms with E-state index in [-0.39, 0.29) is 24.4 Å². The van der Waals surface area contributed by atoms with Gasteiger partial charge in [0.25, 0.3) is 5.91 Å². The van der Waals surface area contributed by atoms with Crippen LogP contribution in [0, 0.1) is 5.82 Å². The van der Waals surface area contributed by atoms with Gasteiger partial charge in [0.1, 0.15) is 17.7 Å². The van der Waals surface area contributed by atoms with Gasteiger partial charge in [0.2, 0.25) is 0 Å². The zero-order valence-electron chi connectivity index (χ0n) is 15.9. The van der Waals surface area contributed by atoms with Crippen LogP contribution >= 0.6 is 0 Å². The van der Waals surface area contributed by atoms with E-state index in [9.17, 15) is 9.18 Å². The second kappa shape index (κ2) is 8.87. The highest BCUT2D eigenvalue weighted by atomic mass is 19.1. The van der Waals surface area contributed by atoms with Gasteiger partial charge in [0.05, 0.1) is 18.8 Å². The molecular weight excluding hydrogens is 373 g/mol. The van der Waals surface area contributed by atoms with E-state index in [1.54, 1.807) is 0 Å². The van der Waals surface area contributed by atoms with Gasteiger partial charge in [-0.25, -0.2) is 4.39 Å². The first-order valence-corrected chi connectivity index (χ1v) is 9.54. The van der Waals surface area contributed by atoms with Crippen molar-refractivity contribution < 1.29 is 18.7 Å². The third-order valence-electron chi connectivity index (χ3n) is 4.72. The van der Waals surface area contributed by atoms with Crippen LogP contribution in [0.4, 0.5) is 4.39 Å². The lowest BCUT2D eigenvalue weighted by molar-refractivity contribution is -0.123. The molecule has 150 valence electrons. The van der Waals surface area contributed by atoms with E-state index in [2.05, 4.69) is 28.7 Å². The van der Waals surface area contributed by atoms with Crippen molar-refractivity contribution in [1.29, 1.82) is 0 Å². The average Bonchev–Trinajstić information content (AvgIpc) is 3.15. The summed E-state index contributed by atoms with van der Waals surface area (Å²) < 4.78 is 26.0. The van der Waals surface area contributed by atoms with Gasteiger partial charge in [0.15, 0.2) is 6.61 Å². The Morgan fingerprint density at radius 1 is 1.21 bits per heavy atom. The molecule has 2 aromatic carbocycles. The van der Waals surface area contributed by atoms with Gasteiger partial charge in [-0.3, -0.25) is 9.48 Å². The molecule has 1 aliphatic heterocycles. The molecule has 0 bridgehead atoms. The van der Waals surface area contributed by atoms with Crippen LogP contribution in [0.1, 0.15) is 22.9 Å². The van der Waals surface area contributed by atoms with Gasteiger partial charge >= 0.3 is 0 Å². The van der Waals surface area contributed by atoms with Crippen molar-refractivity contribution in [3.05, 3.63) is 83.4 Å². The van der Waals surface area contributed by atoms with Crippen LogP contribution in [-0.4, -0.2) is 35.4 Å². The van der Waals surface area contributed by atoms with Crippen LogP contribution in [0.2, 0.25) is 0 Å². The Hall–Kier alpha value is -3.19. The largest absolute Gasteiger partial charge is 0.484 e. The van der Waals surface area contributed by atoms with Crippen molar-refractivity contribution in [3.63, 3.8) is 0 Å². The van der Waals surface area contributed by atoms with Gasteiger partial charge < -0.3 is 14.8 Å². The Kier molecular flexibility index (Phi) is 5.86. The lowest BCUT2D eigenvalue weighted by atomic mass is 10.1. The highest BCUT2D eigenvalue weighted by Gasteiger charge is 2.25. The van der Waals surface area contributed by atoms with E-state index < -0.39 is 0 Å².